The van der Waals surface area contributed by atoms with Crippen LogP contribution in [0.15, 0.2) is 47.5 Å². The monoisotopic (exact) mass is 564 g/mol. The standard InChI is InChI=1S/C28H30F2N8O3/c29-28(30)16-32-6-5-24(28)41-23-3-1-18(11-19(23)13-31)21-12-26(34-17-33-21)35-25-4-2-22(27(39)36-25)38-9-7-37(8-10-38)20-14-40-15-20/h1-4,11-12,17,20,24,32H,5-10,14-16H2,(H2,33,34,35,36,39). The maximum Gasteiger partial charge on any atom is 0.296 e. The maximum atomic E-state index is 14.2. The van der Waals surface area contributed by atoms with E-state index in [0.29, 0.717) is 41.2 Å². The number of aromatic amines is 1. The number of ether oxygens (including phenoxy) is 2. The summed E-state index contributed by atoms with van der Waals surface area (Å²) < 4.78 is 39.3. The minimum absolute atomic E-state index is 0.103. The van der Waals surface area contributed by atoms with Gasteiger partial charge in [-0.25, -0.2) is 18.7 Å². The summed E-state index contributed by atoms with van der Waals surface area (Å²) >= 11 is 0. The fraction of sp³-hybridized carbons (Fsp3) is 0.429. The van der Waals surface area contributed by atoms with Crippen molar-refractivity contribution in [1.82, 2.24) is 25.2 Å². The van der Waals surface area contributed by atoms with E-state index in [2.05, 4.69) is 35.4 Å². The molecule has 3 aliphatic rings. The van der Waals surface area contributed by atoms with E-state index in [9.17, 15) is 18.8 Å². The lowest BCUT2D eigenvalue weighted by Crippen LogP contribution is -2.57. The first-order chi connectivity index (χ1) is 19.9. The van der Waals surface area contributed by atoms with Gasteiger partial charge >= 0.3 is 0 Å². The Morgan fingerprint density at radius 1 is 1.12 bits per heavy atom. The fourth-order valence-corrected chi connectivity index (χ4v) is 5.26. The minimum atomic E-state index is -3.03. The van der Waals surface area contributed by atoms with Gasteiger partial charge in [-0.1, -0.05) is 0 Å². The number of piperazine rings is 1. The molecule has 13 heteroatoms. The number of alkyl halides is 2. The van der Waals surface area contributed by atoms with Crippen molar-refractivity contribution in [3.63, 3.8) is 0 Å². The van der Waals surface area contributed by atoms with Gasteiger partial charge in [0.2, 0.25) is 0 Å². The van der Waals surface area contributed by atoms with Gasteiger partial charge in [0.05, 0.1) is 37.1 Å². The molecule has 41 heavy (non-hydrogen) atoms. The van der Waals surface area contributed by atoms with E-state index in [1.54, 1.807) is 30.3 Å². The van der Waals surface area contributed by atoms with Crippen molar-refractivity contribution in [1.29, 1.82) is 5.26 Å². The number of halogens is 2. The van der Waals surface area contributed by atoms with Crippen LogP contribution in [-0.2, 0) is 4.74 Å². The lowest BCUT2D eigenvalue weighted by Gasteiger charge is -2.43. The summed E-state index contributed by atoms with van der Waals surface area (Å²) in [5.41, 5.74) is 1.65. The number of nitrogens with zero attached hydrogens (tertiary/aromatic N) is 5. The molecular weight excluding hydrogens is 534 g/mol. The number of rotatable bonds is 7. The SMILES string of the molecule is N#Cc1cc(-c2cc(Nc3ccc(N4CCN(C5COC5)CC4)c(=O)[nH]3)ncn2)ccc1OC1CCNCC1(F)F. The number of anilines is 3. The normalized spacial score (nSPS) is 21.1. The molecular formula is C28H30F2N8O3. The summed E-state index contributed by atoms with van der Waals surface area (Å²) in [5.74, 6) is -2.02. The molecule has 3 saturated heterocycles. The predicted molar refractivity (Wildman–Crippen MR) is 148 cm³/mol. The van der Waals surface area contributed by atoms with Crippen molar-refractivity contribution in [2.75, 3.05) is 62.7 Å². The number of benzene rings is 1. The van der Waals surface area contributed by atoms with E-state index in [0.717, 1.165) is 39.4 Å². The highest BCUT2D eigenvalue weighted by Gasteiger charge is 2.43. The molecule has 0 saturated carbocycles. The third-order valence-electron chi connectivity index (χ3n) is 7.69. The molecule has 5 heterocycles. The van der Waals surface area contributed by atoms with E-state index in [1.165, 1.54) is 12.4 Å². The first-order valence-corrected chi connectivity index (χ1v) is 13.6. The quantitative estimate of drug-likeness (QED) is 0.393. The third kappa shape index (κ3) is 5.85. The first-order valence-electron chi connectivity index (χ1n) is 13.6. The molecule has 3 aromatic rings. The Morgan fingerprint density at radius 3 is 2.66 bits per heavy atom. The van der Waals surface area contributed by atoms with Gasteiger partial charge < -0.3 is 30.0 Å². The average Bonchev–Trinajstić information content (AvgIpc) is 2.94. The Morgan fingerprint density at radius 2 is 1.95 bits per heavy atom. The summed E-state index contributed by atoms with van der Waals surface area (Å²) in [6.45, 7) is 4.85. The molecule has 3 N–H and O–H groups in total. The van der Waals surface area contributed by atoms with E-state index in [-0.39, 0.29) is 23.3 Å². The Hall–Kier alpha value is -4.12. The Balaban J connectivity index is 1.13. The van der Waals surface area contributed by atoms with Gasteiger partial charge in [-0.15, -0.1) is 0 Å². The highest BCUT2D eigenvalue weighted by atomic mass is 19.3. The average molecular weight is 565 g/mol. The highest BCUT2D eigenvalue weighted by molar-refractivity contribution is 5.67. The zero-order valence-corrected chi connectivity index (χ0v) is 22.3. The largest absolute Gasteiger partial charge is 0.483 e. The van der Waals surface area contributed by atoms with Crippen molar-refractivity contribution in [2.45, 2.75) is 24.5 Å². The number of pyridine rings is 1. The smallest absolute Gasteiger partial charge is 0.296 e. The molecule has 0 spiro atoms. The molecule has 0 amide bonds. The molecule has 0 aliphatic carbocycles. The summed E-state index contributed by atoms with van der Waals surface area (Å²) in [4.78, 5) is 28.8. The van der Waals surface area contributed by atoms with Gasteiger partial charge in [0.25, 0.3) is 11.5 Å². The zero-order valence-electron chi connectivity index (χ0n) is 22.3. The van der Waals surface area contributed by atoms with E-state index in [1.807, 2.05) is 6.07 Å². The van der Waals surface area contributed by atoms with E-state index >= 15 is 0 Å². The Kier molecular flexibility index (Phi) is 7.53. The van der Waals surface area contributed by atoms with Crippen LogP contribution in [0.5, 0.6) is 5.75 Å². The topological polar surface area (TPSA) is 131 Å². The first kappa shape index (κ1) is 27.1. The van der Waals surface area contributed by atoms with Crippen molar-refractivity contribution < 1.29 is 18.3 Å². The number of nitrogens with one attached hydrogen (secondary N) is 3. The van der Waals surface area contributed by atoms with Crippen molar-refractivity contribution in [3.05, 3.63) is 58.6 Å². The molecule has 6 rings (SSSR count). The second-order valence-electron chi connectivity index (χ2n) is 10.4. The van der Waals surface area contributed by atoms with Crippen molar-refractivity contribution >= 4 is 17.3 Å². The summed E-state index contributed by atoms with van der Waals surface area (Å²) in [6, 6.07) is 12.5. The number of hydrogen-bond donors (Lipinski definition) is 3. The van der Waals surface area contributed by atoms with Crippen LogP contribution in [0.3, 0.4) is 0 Å². The van der Waals surface area contributed by atoms with Crippen LogP contribution in [0, 0.1) is 11.3 Å². The van der Waals surface area contributed by atoms with Crippen LogP contribution >= 0.6 is 0 Å². The van der Waals surface area contributed by atoms with Crippen LogP contribution in [0.2, 0.25) is 0 Å². The van der Waals surface area contributed by atoms with Crippen molar-refractivity contribution in [3.8, 4) is 23.1 Å². The Labute approximate surface area is 235 Å². The molecule has 2 aromatic heterocycles. The maximum absolute atomic E-state index is 14.2. The second kappa shape index (κ2) is 11.4. The highest BCUT2D eigenvalue weighted by Crippen LogP contribution is 2.32. The molecule has 1 aromatic carbocycles. The van der Waals surface area contributed by atoms with Crippen LogP contribution in [0.4, 0.5) is 26.1 Å². The van der Waals surface area contributed by atoms with Crippen molar-refractivity contribution in [2.24, 2.45) is 0 Å². The zero-order chi connectivity index (χ0) is 28.4. The lowest BCUT2D eigenvalue weighted by atomic mass is 10.0. The molecule has 3 aliphatic heterocycles. The molecule has 0 radical (unpaired) electrons. The van der Waals surface area contributed by atoms with Gasteiger partial charge in [-0.3, -0.25) is 9.69 Å². The Bertz CT molecular complexity index is 1500. The van der Waals surface area contributed by atoms with Gasteiger partial charge in [-0.2, -0.15) is 5.26 Å². The number of hydrogen-bond acceptors (Lipinski definition) is 10. The molecule has 214 valence electrons. The van der Waals surface area contributed by atoms with Crippen LogP contribution in [-0.4, -0.2) is 90.4 Å². The van der Waals surface area contributed by atoms with Crippen LogP contribution < -0.4 is 25.8 Å². The number of aromatic nitrogens is 3. The van der Waals surface area contributed by atoms with Gasteiger partial charge in [-0.05, 0) is 36.9 Å². The van der Waals surface area contributed by atoms with E-state index < -0.39 is 18.6 Å². The molecule has 1 atom stereocenters. The van der Waals surface area contributed by atoms with Crippen LogP contribution in [0.25, 0.3) is 11.3 Å². The number of H-pyrrole nitrogens is 1. The summed E-state index contributed by atoms with van der Waals surface area (Å²) in [5, 5.41) is 15.4. The fourth-order valence-electron chi connectivity index (χ4n) is 5.26. The van der Waals surface area contributed by atoms with Gasteiger partial charge in [0.15, 0.2) is 6.10 Å². The lowest BCUT2D eigenvalue weighted by molar-refractivity contribution is -0.109. The molecule has 1 unspecified atom stereocenters. The van der Waals surface area contributed by atoms with Gasteiger partial charge in [0.1, 0.15) is 35.5 Å². The minimum Gasteiger partial charge on any atom is -0.483 e. The number of nitriles is 1. The molecule has 11 nitrogen and oxygen atoms in total. The molecule has 3 fully saturated rings. The third-order valence-corrected chi connectivity index (χ3v) is 7.69. The predicted octanol–water partition coefficient (Wildman–Crippen LogP) is 2.34. The van der Waals surface area contributed by atoms with Crippen LogP contribution in [0.1, 0.15) is 12.0 Å². The number of piperidine rings is 1. The van der Waals surface area contributed by atoms with E-state index in [4.69, 9.17) is 9.47 Å². The summed E-state index contributed by atoms with van der Waals surface area (Å²) in [7, 11) is 0. The molecule has 0 bridgehead atoms. The second-order valence-corrected chi connectivity index (χ2v) is 10.4. The summed E-state index contributed by atoms with van der Waals surface area (Å²) in [6.07, 6.45) is 0.191. The van der Waals surface area contributed by atoms with Gasteiger partial charge in [0, 0.05) is 44.2 Å².